The van der Waals surface area contributed by atoms with Gasteiger partial charge in [-0.2, -0.15) is 0 Å². The predicted octanol–water partition coefficient (Wildman–Crippen LogP) is 2.63. The van der Waals surface area contributed by atoms with Crippen molar-refractivity contribution in [2.75, 3.05) is 7.11 Å². The molecule has 146 valence electrons. The number of hydrogen-bond acceptors (Lipinski definition) is 5. The lowest BCUT2D eigenvalue weighted by molar-refractivity contribution is -0.148. The standard InChI is InChI=1S/C18H34N2O5/c1-16(2,3)11(20-15(23)25-18(7,8)9)13(21)19-12(14(22)24-10)17(4,5)6/h11-12H,1-10H3,(H,19,21)(H,20,23)/t11-,12-/m1/s1. The van der Waals surface area contributed by atoms with Crippen LogP contribution in [0.3, 0.4) is 0 Å². The molecule has 0 aliphatic carbocycles. The van der Waals surface area contributed by atoms with Gasteiger partial charge in [0.2, 0.25) is 5.91 Å². The molecule has 0 aromatic carbocycles. The van der Waals surface area contributed by atoms with Crippen molar-refractivity contribution in [3.63, 3.8) is 0 Å². The summed E-state index contributed by atoms with van der Waals surface area (Å²) in [5, 5.41) is 5.30. The summed E-state index contributed by atoms with van der Waals surface area (Å²) in [5.41, 5.74) is -1.81. The third kappa shape index (κ3) is 8.23. The molecule has 0 aliphatic rings. The minimum Gasteiger partial charge on any atom is -0.467 e. The van der Waals surface area contributed by atoms with E-state index in [2.05, 4.69) is 10.6 Å². The van der Waals surface area contributed by atoms with Gasteiger partial charge in [0, 0.05) is 0 Å². The molecule has 0 bridgehead atoms. The van der Waals surface area contributed by atoms with Gasteiger partial charge in [-0.25, -0.2) is 9.59 Å². The highest BCUT2D eigenvalue weighted by Crippen LogP contribution is 2.24. The smallest absolute Gasteiger partial charge is 0.408 e. The van der Waals surface area contributed by atoms with Crippen LogP contribution in [0.2, 0.25) is 0 Å². The SMILES string of the molecule is COC(=O)[C@@H](NC(=O)[C@@H](NC(=O)OC(C)(C)C)C(C)(C)C)C(C)(C)C. The number of hydrogen-bond donors (Lipinski definition) is 2. The highest BCUT2D eigenvalue weighted by Gasteiger charge is 2.39. The van der Waals surface area contributed by atoms with E-state index in [-0.39, 0.29) is 0 Å². The summed E-state index contributed by atoms with van der Waals surface area (Å²) in [6.45, 7) is 16.1. The molecule has 0 aromatic heterocycles. The van der Waals surface area contributed by atoms with E-state index in [4.69, 9.17) is 9.47 Å². The Labute approximate surface area is 151 Å². The Hall–Kier alpha value is -1.79. The third-order valence-corrected chi connectivity index (χ3v) is 3.38. The summed E-state index contributed by atoms with van der Waals surface area (Å²) in [5.74, 6) is -1.01. The maximum atomic E-state index is 12.8. The Bertz CT molecular complexity index is 495. The number of rotatable bonds is 4. The monoisotopic (exact) mass is 358 g/mol. The van der Waals surface area contributed by atoms with E-state index in [0.29, 0.717) is 0 Å². The minimum atomic E-state index is -0.878. The second-order valence-corrected chi connectivity index (χ2v) is 9.28. The van der Waals surface area contributed by atoms with Gasteiger partial charge in [0.15, 0.2) is 0 Å². The van der Waals surface area contributed by atoms with E-state index < -0.39 is 46.5 Å². The van der Waals surface area contributed by atoms with E-state index in [0.717, 1.165) is 0 Å². The number of nitrogens with one attached hydrogen (secondary N) is 2. The average molecular weight is 358 g/mol. The van der Waals surface area contributed by atoms with Crippen LogP contribution in [0.5, 0.6) is 0 Å². The van der Waals surface area contributed by atoms with Crippen LogP contribution in [-0.4, -0.2) is 42.8 Å². The van der Waals surface area contributed by atoms with Crippen molar-refractivity contribution in [3.8, 4) is 0 Å². The quantitative estimate of drug-likeness (QED) is 0.754. The van der Waals surface area contributed by atoms with Crippen LogP contribution in [0.1, 0.15) is 62.3 Å². The summed E-state index contributed by atoms with van der Waals surface area (Å²) < 4.78 is 10.0. The molecule has 0 fully saturated rings. The number of methoxy groups -OCH3 is 1. The number of amides is 2. The number of alkyl carbamates (subject to hydrolysis) is 1. The van der Waals surface area contributed by atoms with Crippen molar-refractivity contribution in [2.45, 2.75) is 80.0 Å². The topological polar surface area (TPSA) is 93.7 Å². The van der Waals surface area contributed by atoms with Crippen molar-refractivity contribution >= 4 is 18.0 Å². The van der Waals surface area contributed by atoms with Gasteiger partial charge < -0.3 is 20.1 Å². The second kappa shape index (κ2) is 8.06. The van der Waals surface area contributed by atoms with Gasteiger partial charge in [0.05, 0.1) is 7.11 Å². The third-order valence-electron chi connectivity index (χ3n) is 3.38. The zero-order valence-electron chi connectivity index (χ0n) is 17.2. The Balaban J connectivity index is 5.38. The van der Waals surface area contributed by atoms with Crippen LogP contribution < -0.4 is 10.6 Å². The molecule has 0 aromatic rings. The van der Waals surface area contributed by atoms with Gasteiger partial charge in [-0.1, -0.05) is 41.5 Å². The van der Waals surface area contributed by atoms with Gasteiger partial charge in [-0.3, -0.25) is 4.79 Å². The van der Waals surface area contributed by atoms with E-state index in [1.54, 1.807) is 20.8 Å². The van der Waals surface area contributed by atoms with Crippen LogP contribution in [0, 0.1) is 10.8 Å². The first-order chi connectivity index (χ1) is 11.0. The molecule has 0 aliphatic heterocycles. The summed E-state index contributed by atoms with van der Waals surface area (Å²) in [4.78, 5) is 36.9. The van der Waals surface area contributed by atoms with Gasteiger partial charge >= 0.3 is 12.1 Å². The Morgan fingerprint density at radius 3 is 1.52 bits per heavy atom. The molecule has 2 N–H and O–H groups in total. The van der Waals surface area contributed by atoms with Gasteiger partial charge in [0.25, 0.3) is 0 Å². The van der Waals surface area contributed by atoms with Crippen LogP contribution in [0.15, 0.2) is 0 Å². The first-order valence-corrected chi connectivity index (χ1v) is 8.37. The normalized spacial score (nSPS) is 15.0. The first kappa shape index (κ1) is 23.2. The number of carbonyl (C=O) groups is 3. The largest absolute Gasteiger partial charge is 0.467 e. The molecule has 0 spiro atoms. The van der Waals surface area contributed by atoms with Crippen LogP contribution in [0.4, 0.5) is 4.79 Å². The van der Waals surface area contributed by atoms with Crippen LogP contribution in [0.25, 0.3) is 0 Å². The molecule has 0 heterocycles. The zero-order valence-corrected chi connectivity index (χ0v) is 17.2. The van der Waals surface area contributed by atoms with Crippen molar-refractivity contribution in [1.82, 2.24) is 10.6 Å². The molecule has 7 nitrogen and oxygen atoms in total. The Kier molecular flexibility index (Phi) is 7.48. The van der Waals surface area contributed by atoms with E-state index in [1.807, 2.05) is 41.5 Å². The highest BCUT2D eigenvalue weighted by molar-refractivity contribution is 5.90. The molecule has 2 atom stereocenters. The predicted molar refractivity (Wildman–Crippen MR) is 96.0 cm³/mol. The molecule has 7 heteroatoms. The highest BCUT2D eigenvalue weighted by atomic mass is 16.6. The van der Waals surface area contributed by atoms with E-state index in [9.17, 15) is 14.4 Å². The molecule has 0 radical (unpaired) electrons. The van der Waals surface area contributed by atoms with Crippen molar-refractivity contribution in [1.29, 1.82) is 0 Å². The van der Waals surface area contributed by atoms with Crippen LogP contribution >= 0.6 is 0 Å². The van der Waals surface area contributed by atoms with Gasteiger partial charge in [-0.15, -0.1) is 0 Å². The maximum absolute atomic E-state index is 12.8. The minimum absolute atomic E-state index is 0.469. The molecule has 2 amide bonds. The maximum Gasteiger partial charge on any atom is 0.408 e. The molecule has 0 saturated carbocycles. The summed E-state index contributed by atoms with van der Waals surface area (Å²) in [7, 11) is 1.27. The Morgan fingerprint density at radius 1 is 0.760 bits per heavy atom. The lowest BCUT2D eigenvalue weighted by Gasteiger charge is -2.35. The fourth-order valence-electron chi connectivity index (χ4n) is 2.07. The van der Waals surface area contributed by atoms with Crippen molar-refractivity contribution < 1.29 is 23.9 Å². The van der Waals surface area contributed by atoms with Crippen molar-refractivity contribution in [2.24, 2.45) is 10.8 Å². The lowest BCUT2D eigenvalue weighted by Crippen LogP contribution is -2.59. The fourth-order valence-corrected chi connectivity index (χ4v) is 2.07. The van der Waals surface area contributed by atoms with E-state index >= 15 is 0 Å². The van der Waals surface area contributed by atoms with Crippen LogP contribution in [-0.2, 0) is 19.1 Å². The van der Waals surface area contributed by atoms with E-state index in [1.165, 1.54) is 7.11 Å². The first-order valence-electron chi connectivity index (χ1n) is 8.37. The molecular weight excluding hydrogens is 324 g/mol. The lowest BCUT2D eigenvalue weighted by atomic mass is 9.83. The zero-order chi connectivity index (χ0) is 20.2. The molecule has 0 saturated heterocycles. The number of esters is 1. The summed E-state index contributed by atoms with van der Waals surface area (Å²) >= 11 is 0. The molecule has 0 rings (SSSR count). The molecule has 25 heavy (non-hydrogen) atoms. The second-order valence-electron chi connectivity index (χ2n) is 9.28. The van der Waals surface area contributed by atoms with Crippen molar-refractivity contribution in [3.05, 3.63) is 0 Å². The molecule has 0 unspecified atom stereocenters. The van der Waals surface area contributed by atoms with Gasteiger partial charge in [0.1, 0.15) is 17.7 Å². The fraction of sp³-hybridized carbons (Fsp3) is 0.833. The average Bonchev–Trinajstić information content (AvgIpc) is 2.36. The number of carbonyl (C=O) groups excluding carboxylic acids is 3. The summed E-state index contributed by atoms with van der Waals surface area (Å²) in [6.07, 6.45) is -0.687. The Morgan fingerprint density at radius 2 is 1.20 bits per heavy atom. The molecular formula is C18H34N2O5. The van der Waals surface area contributed by atoms with Gasteiger partial charge in [-0.05, 0) is 31.6 Å². The summed E-state index contributed by atoms with van der Waals surface area (Å²) in [6, 6.07) is -1.72. The number of ether oxygens (including phenoxy) is 2.